The summed E-state index contributed by atoms with van der Waals surface area (Å²) < 4.78 is 16.1. The smallest absolute Gasteiger partial charge is 0.324 e. The lowest BCUT2D eigenvalue weighted by Crippen LogP contribution is -2.41. The fourth-order valence-corrected chi connectivity index (χ4v) is 2.96. The van der Waals surface area contributed by atoms with Crippen LogP contribution in [0.3, 0.4) is 0 Å². The Bertz CT molecular complexity index is 1130. The Morgan fingerprint density at radius 3 is 2.56 bits per heavy atom. The third-order valence-corrected chi connectivity index (χ3v) is 4.34. The van der Waals surface area contributed by atoms with E-state index in [1.54, 1.807) is 43.3 Å². The highest BCUT2D eigenvalue weighted by Gasteiger charge is 2.15. The van der Waals surface area contributed by atoms with E-state index in [2.05, 4.69) is 5.32 Å². The number of hydrogen-bond donors (Lipinski definition) is 1. The van der Waals surface area contributed by atoms with Gasteiger partial charge in [0.2, 0.25) is 5.91 Å². The number of carbonyl (C=O) groups is 1. The maximum Gasteiger partial charge on any atom is 0.331 e. The largest absolute Gasteiger partial charge is 0.331 e. The Balaban J connectivity index is 2.00. The van der Waals surface area contributed by atoms with Gasteiger partial charge in [-0.25, -0.2) is 9.18 Å². The van der Waals surface area contributed by atoms with E-state index < -0.39 is 17.4 Å². The number of aryl methyl sites for hydroxylation is 1. The topological polar surface area (TPSA) is 73.1 Å². The van der Waals surface area contributed by atoms with Crippen LogP contribution in [0.4, 0.5) is 10.1 Å². The first-order valence-corrected chi connectivity index (χ1v) is 8.70. The summed E-state index contributed by atoms with van der Waals surface area (Å²) in [5.41, 5.74) is 0.273. The van der Waals surface area contributed by atoms with Gasteiger partial charge in [-0.1, -0.05) is 25.1 Å². The van der Waals surface area contributed by atoms with E-state index in [1.165, 1.54) is 10.6 Å². The standard InChI is InChI=1S/C20H20FN3O3/c1-3-10-23-19(26)15-6-4-5-7-17(15)24(20(23)27)12-18(25)22-14-9-8-13(2)16(21)11-14/h4-9,11H,3,10,12H2,1-2H3,(H,22,25). The van der Waals surface area contributed by atoms with Crippen LogP contribution in [-0.2, 0) is 17.9 Å². The van der Waals surface area contributed by atoms with Gasteiger partial charge in [-0.05, 0) is 43.2 Å². The number of halogens is 1. The zero-order valence-electron chi connectivity index (χ0n) is 15.2. The van der Waals surface area contributed by atoms with Crippen molar-refractivity contribution in [3.8, 4) is 0 Å². The van der Waals surface area contributed by atoms with E-state index >= 15 is 0 Å². The van der Waals surface area contributed by atoms with Crippen molar-refractivity contribution in [1.29, 1.82) is 0 Å². The molecule has 0 aliphatic carbocycles. The Labute approximate surface area is 154 Å². The molecule has 27 heavy (non-hydrogen) atoms. The van der Waals surface area contributed by atoms with Gasteiger partial charge in [0.05, 0.1) is 10.9 Å². The number of para-hydroxylation sites is 1. The molecule has 1 N–H and O–H groups in total. The lowest BCUT2D eigenvalue weighted by atomic mass is 10.2. The highest BCUT2D eigenvalue weighted by molar-refractivity contribution is 5.91. The minimum atomic E-state index is -0.536. The summed E-state index contributed by atoms with van der Waals surface area (Å²) in [6.07, 6.45) is 0.613. The maximum absolute atomic E-state index is 13.7. The Kier molecular flexibility index (Phi) is 5.21. The van der Waals surface area contributed by atoms with Crippen LogP contribution in [0, 0.1) is 12.7 Å². The second-order valence-corrected chi connectivity index (χ2v) is 6.35. The first kappa shape index (κ1) is 18.6. The van der Waals surface area contributed by atoms with E-state index in [-0.39, 0.29) is 18.6 Å². The van der Waals surface area contributed by atoms with Crippen LogP contribution in [0.15, 0.2) is 52.1 Å². The number of aromatic nitrogens is 2. The molecule has 0 unspecified atom stereocenters. The molecule has 140 valence electrons. The van der Waals surface area contributed by atoms with Crippen LogP contribution in [0.5, 0.6) is 0 Å². The third kappa shape index (κ3) is 3.67. The van der Waals surface area contributed by atoms with Crippen LogP contribution in [-0.4, -0.2) is 15.0 Å². The van der Waals surface area contributed by atoms with Crippen LogP contribution in [0.1, 0.15) is 18.9 Å². The molecule has 1 amide bonds. The average Bonchev–Trinajstić information content (AvgIpc) is 2.65. The molecule has 1 aromatic heterocycles. The van der Waals surface area contributed by atoms with Crippen LogP contribution < -0.4 is 16.6 Å². The molecule has 0 spiro atoms. The molecule has 0 bridgehead atoms. The van der Waals surface area contributed by atoms with E-state index in [1.807, 2.05) is 6.92 Å². The molecule has 0 aliphatic rings. The maximum atomic E-state index is 13.7. The summed E-state index contributed by atoms with van der Waals surface area (Å²) in [6, 6.07) is 11.1. The Hall–Kier alpha value is -3.22. The molecular formula is C20H20FN3O3. The number of anilines is 1. The molecule has 7 heteroatoms. The van der Waals surface area contributed by atoms with Crippen molar-refractivity contribution in [2.24, 2.45) is 0 Å². The van der Waals surface area contributed by atoms with E-state index in [0.29, 0.717) is 28.6 Å². The number of fused-ring (bicyclic) bond motifs is 1. The summed E-state index contributed by atoms with van der Waals surface area (Å²) >= 11 is 0. The summed E-state index contributed by atoms with van der Waals surface area (Å²) in [7, 11) is 0. The molecule has 1 heterocycles. The predicted molar refractivity (Wildman–Crippen MR) is 103 cm³/mol. The predicted octanol–water partition coefficient (Wildman–Crippen LogP) is 2.66. The molecule has 6 nitrogen and oxygen atoms in total. The average molecular weight is 369 g/mol. The number of carbonyl (C=O) groups excluding carboxylic acids is 1. The van der Waals surface area contributed by atoms with Crippen molar-refractivity contribution in [2.75, 3.05) is 5.32 Å². The van der Waals surface area contributed by atoms with Gasteiger partial charge in [-0.15, -0.1) is 0 Å². The van der Waals surface area contributed by atoms with Crippen molar-refractivity contribution in [2.45, 2.75) is 33.4 Å². The van der Waals surface area contributed by atoms with Gasteiger partial charge in [0.15, 0.2) is 0 Å². The molecule has 0 fully saturated rings. The number of nitrogens with zero attached hydrogens (tertiary/aromatic N) is 2. The van der Waals surface area contributed by atoms with Gasteiger partial charge in [0.25, 0.3) is 5.56 Å². The highest BCUT2D eigenvalue weighted by atomic mass is 19.1. The van der Waals surface area contributed by atoms with Gasteiger partial charge < -0.3 is 5.32 Å². The quantitative estimate of drug-likeness (QED) is 0.751. The summed E-state index contributed by atoms with van der Waals surface area (Å²) in [6.45, 7) is 3.49. The lowest BCUT2D eigenvalue weighted by molar-refractivity contribution is -0.116. The third-order valence-electron chi connectivity index (χ3n) is 4.34. The van der Waals surface area contributed by atoms with Gasteiger partial charge in [-0.3, -0.25) is 18.7 Å². The lowest BCUT2D eigenvalue weighted by Gasteiger charge is -2.14. The molecule has 0 atom stereocenters. The van der Waals surface area contributed by atoms with Crippen LogP contribution in [0.2, 0.25) is 0 Å². The van der Waals surface area contributed by atoms with Crippen LogP contribution >= 0.6 is 0 Å². The zero-order valence-corrected chi connectivity index (χ0v) is 15.2. The molecule has 0 saturated heterocycles. The minimum absolute atomic E-state index is 0.271. The normalized spacial score (nSPS) is 10.9. The van der Waals surface area contributed by atoms with Gasteiger partial charge in [-0.2, -0.15) is 0 Å². The molecule has 0 radical (unpaired) electrons. The van der Waals surface area contributed by atoms with Crippen molar-refractivity contribution in [3.63, 3.8) is 0 Å². The van der Waals surface area contributed by atoms with Crippen molar-refractivity contribution in [1.82, 2.24) is 9.13 Å². The SMILES string of the molecule is CCCn1c(=O)c2ccccc2n(CC(=O)Nc2ccc(C)c(F)c2)c1=O. The van der Waals surface area contributed by atoms with Crippen molar-refractivity contribution < 1.29 is 9.18 Å². The summed E-state index contributed by atoms with van der Waals surface area (Å²) in [5.74, 6) is -0.904. The number of nitrogens with one attached hydrogen (secondary N) is 1. The molecule has 0 aliphatic heterocycles. The number of benzene rings is 2. The first-order chi connectivity index (χ1) is 12.9. The fourth-order valence-electron chi connectivity index (χ4n) is 2.96. The number of rotatable bonds is 5. The minimum Gasteiger partial charge on any atom is -0.324 e. The van der Waals surface area contributed by atoms with Gasteiger partial charge in [0, 0.05) is 12.2 Å². The molecule has 2 aromatic carbocycles. The van der Waals surface area contributed by atoms with Crippen LogP contribution in [0.25, 0.3) is 10.9 Å². The Morgan fingerprint density at radius 2 is 1.85 bits per heavy atom. The molecular weight excluding hydrogens is 349 g/mol. The highest BCUT2D eigenvalue weighted by Crippen LogP contribution is 2.14. The first-order valence-electron chi connectivity index (χ1n) is 8.70. The Morgan fingerprint density at radius 1 is 1.11 bits per heavy atom. The zero-order chi connectivity index (χ0) is 19.6. The van der Waals surface area contributed by atoms with Gasteiger partial charge in [0.1, 0.15) is 12.4 Å². The monoisotopic (exact) mass is 369 g/mol. The number of hydrogen-bond acceptors (Lipinski definition) is 3. The molecule has 3 rings (SSSR count). The van der Waals surface area contributed by atoms with Gasteiger partial charge >= 0.3 is 5.69 Å². The molecule has 3 aromatic rings. The molecule has 0 saturated carbocycles. The fraction of sp³-hybridized carbons (Fsp3) is 0.250. The number of amides is 1. The second kappa shape index (κ2) is 7.57. The van der Waals surface area contributed by atoms with E-state index in [4.69, 9.17) is 0 Å². The second-order valence-electron chi connectivity index (χ2n) is 6.35. The van der Waals surface area contributed by atoms with Crippen molar-refractivity contribution >= 4 is 22.5 Å². The van der Waals surface area contributed by atoms with E-state index in [9.17, 15) is 18.8 Å². The van der Waals surface area contributed by atoms with E-state index in [0.717, 1.165) is 4.57 Å². The summed E-state index contributed by atoms with van der Waals surface area (Å²) in [5, 5.41) is 2.97. The summed E-state index contributed by atoms with van der Waals surface area (Å²) in [4.78, 5) is 37.8. The van der Waals surface area contributed by atoms with Crippen molar-refractivity contribution in [3.05, 3.63) is 74.7 Å².